The Balaban J connectivity index is 1.44. The summed E-state index contributed by atoms with van der Waals surface area (Å²) in [7, 11) is 5.39. The maximum Gasteiger partial charge on any atom is 0.333 e. The van der Waals surface area contributed by atoms with Gasteiger partial charge in [-0.25, -0.2) is 9.59 Å². The molecule has 2 aliphatic heterocycles. The standard InChI is InChI=1S/C32H30N4O6S2/c1-6-7-8-20-16-25(24-14-13-21(43-24)17-23-29(39)35(4)32(42)36(5)30(23)40)44-26(20)19-11-9-18(10-12-19)15-22-27(37)33(2)31(41)34(3)28(22)38/h9-17H,6-8H2,1-5H3. The van der Waals surface area contributed by atoms with Crippen molar-refractivity contribution in [2.45, 2.75) is 26.2 Å². The number of nitrogens with zero attached hydrogens (tertiary/aromatic N) is 4. The molecular weight excluding hydrogens is 601 g/mol. The quantitative estimate of drug-likeness (QED) is 0.257. The third-order valence-corrected chi connectivity index (χ3v) is 9.99. The Morgan fingerprint density at radius 2 is 1.16 bits per heavy atom. The van der Waals surface area contributed by atoms with Crippen LogP contribution >= 0.6 is 22.7 Å². The third-order valence-electron chi connectivity index (χ3n) is 7.54. The summed E-state index contributed by atoms with van der Waals surface area (Å²) in [6.07, 6.45) is 5.98. The van der Waals surface area contributed by atoms with Crippen LogP contribution < -0.4 is 0 Å². The smallest absolute Gasteiger partial charge is 0.268 e. The minimum Gasteiger partial charge on any atom is -0.268 e. The first-order chi connectivity index (χ1) is 20.9. The second kappa shape index (κ2) is 12.1. The van der Waals surface area contributed by atoms with E-state index in [-0.39, 0.29) is 11.1 Å². The first-order valence-electron chi connectivity index (χ1n) is 13.9. The van der Waals surface area contributed by atoms with Crippen LogP contribution in [0.5, 0.6) is 0 Å². The number of hydrogen-bond donors (Lipinski definition) is 0. The van der Waals surface area contributed by atoms with Gasteiger partial charge in [0.25, 0.3) is 23.6 Å². The molecule has 2 aromatic heterocycles. The zero-order valence-electron chi connectivity index (χ0n) is 24.9. The zero-order valence-corrected chi connectivity index (χ0v) is 26.5. The number of urea groups is 2. The lowest BCUT2D eigenvalue weighted by molar-refractivity contribution is -0.135. The van der Waals surface area contributed by atoms with Gasteiger partial charge in [-0.2, -0.15) is 0 Å². The highest BCUT2D eigenvalue weighted by molar-refractivity contribution is 7.24. The van der Waals surface area contributed by atoms with Crippen LogP contribution in [-0.2, 0) is 25.6 Å². The van der Waals surface area contributed by atoms with Crippen molar-refractivity contribution in [1.29, 1.82) is 0 Å². The molecule has 44 heavy (non-hydrogen) atoms. The van der Waals surface area contributed by atoms with E-state index >= 15 is 0 Å². The molecule has 0 spiro atoms. The van der Waals surface area contributed by atoms with Crippen LogP contribution in [0, 0.1) is 0 Å². The number of imide groups is 4. The first-order valence-corrected chi connectivity index (χ1v) is 15.5. The Hall–Kier alpha value is -4.68. The van der Waals surface area contributed by atoms with Gasteiger partial charge in [0, 0.05) is 47.7 Å². The van der Waals surface area contributed by atoms with Crippen LogP contribution in [0.2, 0.25) is 0 Å². The number of rotatable bonds is 7. The molecule has 10 nitrogen and oxygen atoms in total. The van der Waals surface area contributed by atoms with Crippen molar-refractivity contribution in [3.63, 3.8) is 0 Å². The van der Waals surface area contributed by atoms with Crippen molar-refractivity contribution < 1.29 is 28.8 Å². The monoisotopic (exact) mass is 630 g/mol. The van der Waals surface area contributed by atoms with Crippen LogP contribution in [0.4, 0.5) is 9.59 Å². The molecule has 0 unspecified atom stereocenters. The molecular formula is C32H30N4O6S2. The average molecular weight is 631 g/mol. The highest BCUT2D eigenvalue weighted by atomic mass is 32.1. The van der Waals surface area contributed by atoms with Crippen LogP contribution in [-0.4, -0.2) is 83.5 Å². The predicted octanol–water partition coefficient (Wildman–Crippen LogP) is 5.35. The molecule has 4 heterocycles. The van der Waals surface area contributed by atoms with Crippen LogP contribution in [0.1, 0.15) is 35.8 Å². The fourth-order valence-electron chi connectivity index (χ4n) is 4.90. The Labute approximate surface area is 262 Å². The van der Waals surface area contributed by atoms with E-state index < -0.39 is 35.7 Å². The van der Waals surface area contributed by atoms with Crippen molar-refractivity contribution in [2.24, 2.45) is 0 Å². The van der Waals surface area contributed by atoms with Crippen molar-refractivity contribution in [2.75, 3.05) is 28.2 Å². The van der Waals surface area contributed by atoms with Gasteiger partial charge in [0.15, 0.2) is 0 Å². The van der Waals surface area contributed by atoms with E-state index in [1.807, 2.05) is 36.4 Å². The van der Waals surface area contributed by atoms with E-state index in [4.69, 9.17) is 0 Å². The molecule has 0 N–H and O–H groups in total. The lowest BCUT2D eigenvalue weighted by atomic mass is 10.0. The molecule has 0 bridgehead atoms. The van der Waals surface area contributed by atoms with Crippen LogP contribution in [0.15, 0.2) is 53.6 Å². The number of benzene rings is 1. The third kappa shape index (κ3) is 5.53. The predicted molar refractivity (Wildman–Crippen MR) is 170 cm³/mol. The normalized spacial score (nSPS) is 16.1. The van der Waals surface area contributed by atoms with Crippen LogP contribution in [0.25, 0.3) is 32.3 Å². The van der Waals surface area contributed by atoms with Crippen molar-refractivity contribution in [1.82, 2.24) is 19.6 Å². The van der Waals surface area contributed by atoms with E-state index in [0.29, 0.717) is 5.56 Å². The summed E-state index contributed by atoms with van der Waals surface area (Å²) in [5.74, 6) is -2.53. The topological polar surface area (TPSA) is 115 Å². The zero-order chi connectivity index (χ0) is 31.9. The second-order valence-electron chi connectivity index (χ2n) is 10.5. The number of unbranched alkanes of at least 4 members (excludes halogenated alkanes) is 1. The Bertz CT molecular complexity index is 1730. The number of carbonyl (C=O) groups excluding carboxylic acids is 6. The molecule has 1 aromatic carbocycles. The Kier molecular flexibility index (Phi) is 8.49. The highest BCUT2D eigenvalue weighted by Gasteiger charge is 2.39. The molecule has 2 saturated heterocycles. The molecule has 5 rings (SSSR count). The van der Waals surface area contributed by atoms with Gasteiger partial charge in [0.2, 0.25) is 0 Å². The fraction of sp³-hybridized carbons (Fsp3) is 0.250. The van der Waals surface area contributed by atoms with Gasteiger partial charge in [0.1, 0.15) is 11.1 Å². The summed E-state index contributed by atoms with van der Waals surface area (Å²) in [6, 6.07) is 12.2. The van der Waals surface area contributed by atoms with Gasteiger partial charge in [0.05, 0.1) is 0 Å². The summed E-state index contributed by atoms with van der Waals surface area (Å²) in [6.45, 7) is 2.14. The van der Waals surface area contributed by atoms with Crippen molar-refractivity contribution in [3.8, 4) is 20.2 Å². The summed E-state index contributed by atoms with van der Waals surface area (Å²) in [5.41, 5.74) is 2.72. The molecule has 0 aliphatic carbocycles. The van der Waals surface area contributed by atoms with Gasteiger partial charge in [-0.05, 0) is 59.9 Å². The summed E-state index contributed by atoms with van der Waals surface area (Å²) >= 11 is 3.10. The molecule has 2 aliphatic rings. The van der Waals surface area contributed by atoms with E-state index in [1.165, 1.54) is 57.2 Å². The Morgan fingerprint density at radius 3 is 1.68 bits per heavy atom. The van der Waals surface area contributed by atoms with Gasteiger partial charge >= 0.3 is 12.1 Å². The number of carbonyl (C=O) groups is 6. The molecule has 0 radical (unpaired) electrons. The molecule has 2 fully saturated rings. The lowest BCUT2D eigenvalue weighted by Gasteiger charge is -2.28. The number of aryl methyl sites for hydroxylation is 1. The van der Waals surface area contributed by atoms with Crippen LogP contribution in [0.3, 0.4) is 0 Å². The summed E-state index contributed by atoms with van der Waals surface area (Å²) in [4.78, 5) is 82.1. The molecule has 226 valence electrons. The van der Waals surface area contributed by atoms with E-state index in [2.05, 4.69) is 13.0 Å². The first kappa shape index (κ1) is 30.8. The SMILES string of the molecule is CCCCc1cc(-c2ccc(C=C3C(=O)N(C)C(=O)N(C)C3=O)s2)sc1-c1ccc(C=C2C(=O)N(C)C(=O)N(C)C2=O)cc1. The highest BCUT2D eigenvalue weighted by Crippen LogP contribution is 2.42. The number of hydrogen-bond acceptors (Lipinski definition) is 8. The Morgan fingerprint density at radius 1 is 0.636 bits per heavy atom. The molecule has 12 heteroatoms. The minimum absolute atomic E-state index is 0.0601. The summed E-state index contributed by atoms with van der Waals surface area (Å²) < 4.78 is 0. The molecule has 3 aromatic rings. The fourth-order valence-corrected chi connectivity index (χ4v) is 7.15. The number of amides is 8. The number of barbiturate groups is 2. The maximum atomic E-state index is 12.6. The van der Waals surface area contributed by atoms with Gasteiger partial charge in [-0.15, -0.1) is 22.7 Å². The van der Waals surface area contributed by atoms with Gasteiger partial charge < -0.3 is 0 Å². The molecule has 8 amide bonds. The number of likely N-dealkylation sites (N-methyl/N-ethyl adjacent to an activating group) is 4. The maximum absolute atomic E-state index is 12.6. The number of thiophene rings is 2. The van der Waals surface area contributed by atoms with Gasteiger partial charge in [-0.1, -0.05) is 37.6 Å². The summed E-state index contributed by atoms with van der Waals surface area (Å²) in [5, 5.41) is 0. The lowest BCUT2D eigenvalue weighted by Crippen LogP contribution is -2.52. The largest absolute Gasteiger partial charge is 0.333 e. The van der Waals surface area contributed by atoms with E-state index in [9.17, 15) is 28.8 Å². The van der Waals surface area contributed by atoms with Gasteiger partial charge in [-0.3, -0.25) is 38.8 Å². The second-order valence-corrected chi connectivity index (χ2v) is 12.7. The van der Waals surface area contributed by atoms with Crippen molar-refractivity contribution in [3.05, 3.63) is 69.6 Å². The van der Waals surface area contributed by atoms with E-state index in [0.717, 1.165) is 63.9 Å². The van der Waals surface area contributed by atoms with Crippen molar-refractivity contribution >= 4 is 70.5 Å². The van der Waals surface area contributed by atoms with E-state index in [1.54, 1.807) is 11.3 Å². The molecule has 0 atom stereocenters. The average Bonchev–Trinajstić information content (AvgIpc) is 3.68. The minimum atomic E-state index is -0.664. The molecule has 0 saturated carbocycles.